The SMILES string of the molecule is CCCCCCCCCCCCN(CCCCCCCCCCCC)CCCCCCCCCCCCCCOP(=O)(O)O. The first-order chi connectivity index (χ1) is 21.5. The lowest BCUT2D eigenvalue weighted by atomic mass is 10.0. The fourth-order valence-electron chi connectivity index (χ4n) is 6.37. The van der Waals surface area contributed by atoms with Crippen LogP contribution in [0.15, 0.2) is 0 Å². The van der Waals surface area contributed by atoms with Gasteiger partial charge < -0.3 is 14.7 Å². The van der Waals surface area contributed by atoms with Crippen molar-refractivity contribution in [2.45, 2.75) is 219 Å². The van der Waals surface area contributed by atoms with Crippen molar-refractivity contribution >= 4 is 7.82 Å². The molecule has 0 saturated heterocycles. The quantitative estimate of drug-likeness (QED) is 0.0516. The van der Waals surface area contributed by atoms with Crippen molar-refractivity contribution in [3.63, 3.8) is 0 Å². The molecule has 0 aromatic heterocycles. The second-order valence-corrected chi connectivity index (χ2v) is 15.0. The molecule has 0 fully saturated rings. The van der Waals surface area contributed by atoms with Crippen molar-refractivity contribution in [3.8, 4) is 0 Å². The Bertz CT molecular complexity index is 561. The fraction of sp³-hybridized carbons (Fsp3) is 1.00. The minimum absolute atomic E-state index is 0.167. The number of phosphoric acid groups is 1. The van der Waals surface area contributed by atoms with Gasteiger partial charge in [0.15, 0.2) is 0 Å². The highest BCUT2D eigenvalue weighted by molar-refractivity contribution is 7.46. The van der Waals surface area contributed by atoms with Gasteiger partial charge in [-0.2, -0.15) is 0 Å². The molecule has 0 amide bonds. The Morgan fingerprint density at radius 1 is 0.386 bits per heavy atom. The number of hydrogen-bond donors (Lipinski definition) is 2. The van der Waals surface area contributed by atoms with Gasteiger partial charge >= 0.3 is 7.82 Å². The van der Waals surface area contributed by atoms with Gasteiger partial charge in [-0.05, 0) is 45.3 Å². The van der Waals surface area contributed by atoms with Crippen LogP contribution in [0.2, 0.25) is 0 Å². The topological polar surface area (TPSA) is 70.0 Å². The van der Waals surface area contributed by atoms with Crippen molar-refractivity contribution in [1.82, 2.24) is 4.90 Å². The molecule has 0 aromatic rings. The molecule has 0 radical (unpaired) electrons. The Morgan fingerprint density at radius 2 is 0.614 bits per heavy atom. The van der Waals surface area contributed by atoms with Crippen molar-refractivity contribution in [1.29, 1.82) is 0 Å². The van der Waals surface area contributed by atoms with E-state index in [1.807, 2.05) is 0 Å². The monoisotopic (exact) mass is 646 g/mol. The zero-order chi connectivity index (χ0) is 32.2. The molecule has 5 nitrogen and oxygen atoms in total. The Hall–Kier alpha value is 0.0700. The average Bonchev–Trinajstić information content (AvgIpc) is 2.99. The van der Waals surface area contributed by atoms with Gasteiger partial charge in [-0.3, -0.25) is 4.52 Å². The van der Waals surface area contributed by atoms with Crippen LogP contribution in [0.1, 0.15) is 219 Å². The minimum Gasteiger partial charge on any atom is -0.303 e. The number of nitrogens with zero attached hydrogens (tertiary/aromatic N) is 1. The molecule has 0 atom stereocenters. The van der Waals surface area contributed by atoms with E-state index in [1.165, 1.54) is 206 Å². The van der Waals surface area contributed by atoms with Gasteiger partial charge in [0.2, 0.25) is 0 Å². The molecular formula is C38H80NO4P. The van der Waals surface area contributed by atoms with Crippen LogP contribution in [0.4, 0.5) is 0 Å². The van der Waals surface area contributed by atoms with Gasteiger partial charge in [0.25, 0.3) is 0 Å². The van der Waals surface area contributed by atoms with Crippen LogP contribution in [0.25, 0.3) is 0 Å². The molecule has 44 heavy (non-hydrogen) atoms. The molecule has 2 N–H and O–H groups in total. The van der Waals surface area contributed by atoms with E-state index in [-0.39, 0.29) is 6.61 Å². The Morgan fingerprint density at radius 3 is 0.864 bits per heavy atom. The maximum Gasteiger partial charge on any atom is 0.469 e. The summed E-state index contributed by atoms with van der Waals surface area (Å²) in [4.78, 5) is 20.2. The van der Waals surface area contributed by atoms with Crippen molar-refractivity contribution in [3.05, 3.63) is 0 Å². The lowest BCUT2D eigenvalue weighted by Gasteiger charge is -2.22. The first-order valence-corrected chi connectivity index (χ1v) is 21.4. The molecule has 0 aliphatic heterocycles. The van der Waals surface area contributed by atoms with E-state index in [2.05, 4.69) is 23.3 Å². The Balaban J connectivity index is 3.86. The zero-order valence-corrected chi connectivity index (χ0v) is 31.0. The third-order valence-corrected chi connectivity index (χ3v) is 9.80. The number of unbranched alkanes of at least 4 members (excludes halogenated alkanes) is 29. The van der Waals surface area contributed by atoms with E-state index in [0.717, 1.165) is 19.3 Å². The van der Waals surface area contributed by atoms with E-state index in [0.29, 0.717) is 0 Å². The molecule has 266 valence electrons. The van der Waals surface area contributed by atoms with Gasteiger partial charge in [-0.15, -0.1) is 0 Å². The van der Waals surface area contributed by atoms with Gasteiger partial charge in [0.1, 0.15) is 0 Å². The van der Waals surface area contributed by atoms with Gasteiger partial charge in [-0.1, -0.05) is 194 Å². The van der Waals surface area contributed by atoms with Crippen LogP contribution in [0.3, 0.4) is 0 Å². The molecule has 0 aliphatic carbocycles. The maximum absolute atomic E-state index is 10.7. The molecule has 6 heteroatoms. The molecule has 0 bridgehead atoms. The van der Waals surface area contributed by atoms with Crippen LogP contribution in [-0.2, 0) is 9.09 Å². The summed E-state index contributed by atoms with van der Waals surface area (Å²) in [5.41, 5.74) is 0. The summed E-state index contributed by atoms with van der Waals surface area (Å²) in [5, 5.41) is 0. The van der Waals surface area contributed by atoms with E-state index in [9.17, 15) is 4.57 Å². The Labute approximate surface area is 276 Å². The summed E-state index contributed by atoms with van der Waals surface area (Å²) in [6, 6.07) is 0. The van der Waals surface area contributed by atoms with Crippen LogP contribution in [-0.4, -0.2) is 40.9 Å². The van der Waals surface area contributed by atoms with Crippen molar-refractivity contribution < 1.29 is 18.9 Å². The molecule has 0 heterocycles. The summed E-state index contributed by atoms with van der Waals surface area (Å²) < 4.78 is 15.2. The standard InChI is InChI=1S/C38H80NO4P/c1-3-5-7-9-11-13-19-23-27-31-35-39(36-32-28-24-20-14-12-10-8-6-4-2)37-33-29-25-21-17-15-16-18-22-26-30-34-38-43-44(40,41)42/h3-38H2,1-2H3,(H2,40,41,42). The number of rotatable bonds is 38. The third-order valence-electron chi connectivity index (χ3n) is 9.28. The highest BCUT2D eigenvalue weighted by atomic mass is 31.2. The highest BCUT2D eigenvalue weighted by Crippen LogP contribution is 2.35. The van der Waals surface area contributed by atoms with E-state index < -0.39 is 7.82 Å². The highest BCUT2D eigenvalue weighted by Gasteiger charge is 2.12. The van der Waals surface area contributed by atoms with Crippen LogP contribution in [0.5, 0.6) is 0 Å². The van der Waals surface area contributed by atoms with E-state index in [1.54, 1.807) is 0 Å². The molecule has 0 spiro atoms. The lowest BCUT2D eigenvalue weighted by Crippen LogP contribution is -2.27. The number of hydrogen-bond acceptors (Lipinski definition) is 3. The predicted octanol–water partition coefficient (Wildman–Crippen LogP) is 12.9. The second-order valence-electron chi connectivity index (χ2n) is 13.8. The summed E-state index contributed by atoms with van der Waals surface area (Å²) >= 11 is 0. The molecule has 0 saturated carbocycles. The maximum atomic E-state index is 10.7. The minimum atomic E-state index is -4.28. The molecule has 0 aliphatic rings. The normalized spacial score (nSPS) is 12.1. The molecule has 0 rings (SSSR count). The van der Waals surface area contributed by atoms with Gasteiger partial charge in [0, 0.05) is 0 Å². The second kappa shape index (κ2) is 35.9. The summed E-state index contributed by atoms with van der Waals surface area (Å²) in [6.07, 6.45) is 43.5. The summed E-state index contributed by atoms with van der Waals surface area (Å²) in [6.45, 7) is 8.73. The lowest BCUT2D eigenvalue weighted by molar-refractivity contribution is 0.193. The largest absolute Gasteiger partial charge is 0.469 e. The van der Waals surface area contributed by atoms with Crippen molar-refractivity contribution in [2.24, 2.45) is 0 Å². The first kappa shape index (κ1) is 44.1. The summed E-state index contributed by atoms with van der Waals surface area (Å²) in [5.74, 6) is 0. The summed E-state index contributed by atoms with van der Waals surface area (Å²) in [7, 11) is -4.28. The van der Waals surface area contributed by atoms with Crippen molar-refractivity contribution in [2.75, 3.05) is 26.2 Å². The van der Waals surface area contributed by atoms with Gasteiger partial charge in [0.05, 0.1) is 6.61 Å². The molecular weight excluding hydrogens is 565 g/mol. The van der Waals surface area contributed by atoms with Crippen LogP contribution in [0, 0.1) is 0 Å². The van der Waals surface area contributed by atoms with E-state index >= 15 is 0 Å². The Kier molecular flexibility index (Phi) is 36.0. The van der Waals surface area contributed by atoms with Crippen LogP contribution < -0.4 is 0 Å². The average molecular weight is 646 g/mol. The molecule has 0 aromatic carbocycles. The molecule has 0 unspecified atom stereocenters. The van der Waals surface area contributed by atoms with E-state index in [4.69, 9.17) is 9.79 Å². The van der Waals surface area contributed by atoms with Crippen LogP contribution >= 0.6 is 7.82 Å². The number of phosphoric ester groups is 1. The zero-order valence-electron chi connectivity index (χ0n) is 30.1. The third kappa shape index (κ3) is 38.3. The predicted molar refractivity (Wildman–Crippen MR) is 194 cm³/mol. The smallest absolute Gasteiger partial charge is 0.303 e. The van der Waals surface area contributed by atoms with Gasteiger partial charge in [-0.25, -0.2) is 4.57 Å². The first-order valence-electron chi connectivity index (χ1n) is 19.9. The fourth-order valence-corrected chi connectivity index (χ4v) is 6.74.